The molecule has 1 aromatic carbocycles. The number of aromatic nitrogens is 2. The van der Waals surface area contributed by atoms with Gasteiger partial charge in [0.15, 0.2) is 5.82 Å². The molecule has 2 aromatic rings. The van der Waals surface area contributed by atoms with Crippen LogP contribution in [0.1, 0.15) is 6.92 Å². The minimum absolute atomic E-state index is 0.192. The van der Waals surface area contributed by atoms with Crippen LogP contribution >= 0.6 is 0 Å². The second-order valence-electron chi connectivity index (χ2n) is 5.64. The van der Waals surface area contributed by atoms with Crippen LogP contribution in [0, 0.1) is 0 Å². The molecule has 1 saturated heterocycles. The van der Waals surface area contributed by atoms with Gasteiger partial charge in [-0.25, -0.2) is 4.79 Å². The van der Waals surface area contributed by atoms with E-state index in [1.54, 1.807) is 13.0 Å². The van der Waals surface area contributed by atoms with Gasteiger partial charge in [0.25, 0.3) is 0 Å². The number of nitrogens with zero attached hydrogens (tertiary/aromatic N) is 4. The van der Waals surface area contributed by atoms with Crippen LogP contribution in [-0.4, -0.2) is 59.8 Å². The first-order valence-corrected chi connectivity index (χ1v) is 8.45. The summed E-state index contributed by atoms with van der Waals surface area (Å²) in [6.45, 7) is 3.87. The Morgan fingerprint density at radius 1 is 1.00 bits per heavy atom. The fourth-order valence-electron chi connectivity index (χ4n) is 2.61. The van der Waals surface area contributed by atoms with E-state index in [1.807, 2.05) is 41.3 Å². The lowest BCUT2D eigenvalue weighted by Crippen LogP contribution is -2.51. The summed E-state index contributed by atoms with van der Waals surface area (Å²) in [7, 11) is 0. The standard InChI is InChI=1S/C18H20N4O4/c1-2-25-18(24)17(23)22-12-10-21(11-13-22)15-8-9-16(20-19-15)26-14-6-4-3-5-7-14/h3-9H,2,10-13H2,1H3. The molecule has 1 fully saturated rings. The number of ether oxygens (including phenoxy) is 2. The molecule has 0 aliphatic carbocycles. The first-order chi connectivity index (χ1) is 12.7. The van der Waals surface area contributed by atoms with Crippen molar-refractivity contribution in [2.24, 2.45) is 0 Å². The number of hydrogen-bond acceptors (Lipinski definition) is 7. The Kier molecular flexibility index (Phi) is 5.62. The predicted molar refractivity (Wildman–Crippen MR) is 94.0 cm³/mol. The lowest BCUT2D eigenvalue weighted by molar-refractivity contribution is -0.160. The third-order valence-electron chi connectivity index (χ3n) is 3.93. The molecule has 0 bridgehead atoms. The van der Waals surface area contributed by atoms with Crippen LogP contribution < -0.4 is 9.64 Å². The smallest absolute Gasteiger partial charge is 0.397 e. The van der Waals surface area contributed by atoms with Gasteiger partial charge < -0.3 is 19.3 Å². The van der Waals surface area contributed by atoms with Crippen LogP contribution in [0.15, 0.2) is 42.5 Å². The molecule has 0 N–H and O–H groups in total. The molecule has 1 aliphatic heterocycles. The van der Waals surface area contributed by atoms with E-state index in [2.05, 4.69) is 10.2 Å². The number of esters is 1. The second kappa shape index (κ2) is 8.28. The van der Waals surface area contributed by atoms with Crippen molar-refractivity contribution in [1.29, 1.82) is 0 Å². The van der Waals surface area contributed by atoms with E-state index >= 15 is 0 Å². The summed E-state index contributed by atoms with van der Waals surface area (Å²) in [5, 5.41) is 8.28. The molecule has 0 saturated carbocycles. The molecule has 0 spiro atoms. The SMILES string of the molecule is CCOC(=O)C(=O)N1CCN(c2ccc(Oc3ccccc3)nn2)CC1. The molecule has 136 valence electrons. The number of amides is 1. The molecular formula is C18H20N4O4. The molecular weight excluding hydrogens is 336 g/mol. The number of hydrogen-bond donors (Lipinski definition) is 0. The number of benzene rings is 1. The van der Waals surface area contributed by atoms with Gasteiger partial charge in [0.05, 0.1) is 6.61 Å². The molecule has 1 amide bonds. The third-order valence-corrected chi connectivity index (χ3v) is 3.93. The van der Waals surface area contributed by atoms with Crippen molar-refractivity contribution in [3.63, 3.8) is 0 Å². The molecule has 8 heteroatoms. The van der Waals surface area contributed by atoms with Gasteiger partial charge >= 0.3 is 11.9 Å². The van der Waals surface area contributed by atoms with E-state index in [0.29, 0.717) is 43.6 Å². The Balaban J connectivity index is 1.55. The third kappa shape index (κ3) is 4.27. The Morgan fingerprint density at radius 2 is 1.73 bits per heavy atom. The predicted octanol–water partition coefficient (Wildman–Crippen LogP) is 1.48. The van der Waals surface area contributed by atoms with Crippen LogP contribution in [0.5, 0.6) is 11.6 Å². The lowest BCUT2D eigenvalue weighted by atomic mass is 10.3. The summed E-state index contributed by atoms with van der Waals surface area (Å²) < 4.78 is 10.4. The van der Waals surface area contributed by atoms with E-state index in [0.717, 1.165) is 0 Å². The number of para-hydroxylation sites is 1. The summed E-state index contributed by atoms with van der Waals surface area (Å²) in [5.74, 6) is 0.415. The molecule has 2 heterocycles. The number of anilines is 1. The van der Waals surface area contributed by atoms with Crippen molar-refractivity contribution in [2.45, 2.75) is 6.92 Å². The van der Waals surface area contributed by atoms with Gasteiger partial charge in [0.1, 0.15) is 5.75 Å². The lowest BCUT2D eigenvalue weighted by Gasteiger charge is -2.34. The van der Waals surface area contributed by atoms with Crippen LogP contribution in [0.2, 0.25) is 0 Å². The van der Waals surface area contributed by atoms with Crippen molar-refractivity contribution in [2.75, 3.05) is 37.7 Å². The first-order valence-electron chi connectivity index (χ1n) is 8.45. The second-order valence-corrected chi connectivity index (χ2v) is 5.64. The topological polar surface area (TPSA) is 84.9 Å². The van der Waals surface area contributed by atoms with Gasteiger partial charge in [-0.3, -0.25) is 4.79 Å². The summed E-state index contributed by atoms with van der Waals surface area (Å²) in [5.41, 5.74) is 0. The van der Waals surface area contributed by atoms with Crippen molar-refractivity contribution >= 4 is 17.7 Å². The Labute approximate surface area is 151 Å². The number of carbonyl (C=O) groups is 2. The van der Waals surface area contributed by atoms with E-state index < -0.39 is 11.9 Å². The fourth-order valence-corrected chi connectivity index (χ4v) is 2.61. The maximum absolute atomic E-state index is 11.9. The molecule has 1 aromatic heterocycles. The minimum Gasteiger partial charge on any atom is -0.459 e. The fraction of sp³-hybridized carbons (Fsp3) is 0.333. The monoisotopic (exact) mass is 356 g/mol. The highest BCUT2D eigenvalue weighted by atomic mass is 16.5. The van der Waals surface area contributed by atoms with Crippen LogP contribution in [-0.2, 0) is 14.3 Å². The normalized spacial score (nSPS) is 14.0. The van der Waals surface area contributed by atoms with E-state index in [1.165, 1.54) is 4.90 Å². The molecule has 1 aliphatic rings. The highest BCUT2D eigenvalue weighted by molar-refractivity contribution is 6.32. The van der Waals surface area contributed by atoms with E-state index in [9.17, 15) is 9.59 Å². The van der Waals surface area contributed by atoms with Crippen LogP contribution in [0.3, 0.4) is 0 Å². The van der Waals surface area contributed by atoms with Crippen molar-refractivity contribution in [3.05, 3.63) is 42.5 Å². The zero-order chi connectivity index (χ0) is 18.4. The molecule has 8 nitrogen and oxygen atoms in total. The van der Waals surface area contributed by atoms with Gasteiger partial charge in [-0.05, 0) is 25.1 Å². The van der Waals surface area contributed by atoms with Crippen LogP contribution in [0.4, 0.5) is 5.82 Å². The Bertz CT molecular complexity index is 744. The first kappa shape index (κ1) is 17.7. The Morgan fingerprint density at radius 3 is 2.35 bits per heavy atom. The van der Waals surface area contributed by atoms with Crippen molar-refractivity contribution < 1.29 is 19.1 Å². The zero-order valence-electron chi connectivity index (χ0n) is 14.5. The minimum atomic E-state index is -0.803. The van der Waals surface area contributed by atoms with Gasteiger partial charge in [-0.15, -0.1) is 10.2 Å². The van der Waals surface area contributed by atoms with Crippen molar-refractivity contribution in [3.8, 4) is 11.6 Å². The number of piperazine rings is 1. The highest BCUT2D eigenvalue weighted by Crippen LogP contribution is 2.20. The summed E-state index contributed by atoms with van der Waals surface area (Å²) in [4.78, 5) is 27.0. The van der Waals surface area contributed by atoms with Gasteiger partial charge in [0.2, 0.25) is 5.88 Å². The van der Waals surface area contributed by atoms with Gasteiger partial charge in [0, 0.05) is 32.2 Å². The molecule has 3 rings (SSSR count). The van der Waals surface area contributed by atoms with E-state index in [4.69, 9.17) is 9.47 Å². The van der Waals surface area contributed by atoms with Crippen LogP contribution in [0.25, 0.3) is 0 Å². The van der Waals surface area contributed by atoms with Gasteiger partial charge in [-0.2, -0.15) is 0 Å². The average Bonchev–Trinajstić information content (AvgIpc) is 2.69. The average molecular weight is 356 g/mol. The summed E-state index contributed by atoms with van der Waals surface area (Å²) in [6, 6.07) is 12.9. The molecule has 0 unspecified atom stereocenters. The molecule has 0 radical (unpaired) electrons. The van der Waals surface area contributed by atoms with E-state index in [-0.39, 0.29) is 6.61 Å². The molecule has 0 atom stereocenters. The zero-order valence-corrected chi connectivity index (χ0v) is 14.5. The largest absolute Gasteiger partial charge is 0.459 e. The summed E-state index contributed by atoms with van der Waals surface area (Å²) >= 11 is 0. The number of carbonyl (C=O) groups excluding carboxylic acids is 2. The summed E-state index contributed by atoms with van der Waals surface area (Å²) in [6.07, 6.45) is 0. The number of rotatable bonds is 4. The van der Waals surface area contributed by atoms with Gasteiger partial charge in [-0.1, -0.05) is 18.2 Å². The van der Waals surface area contributed by atoms with Crippen molar-refractivity contribution in [1.82, 2.24) is 15.1 Å². The highest BCUT2D eigenvalue weighted by Gasteiger charge is 2.27. The molecule has 26 heavy (non-hydrogen) atoms. The Hall–Kier alpha value is -3.16. The maximum atomic E-state index is 11.9. The quantitative estimate of drug-likeness (QED) is 0.606. The maximum Gasteiger partial charge on any atom is 0.397 e.